The molecule has 0 saturated carbocycles. The van der Waals surface area contributed by atoms with Crippen LogP contribution in [0.4, 0.5) is 5.00 Å². The second-order valence-corrected chi connectivity index (χ2v) is 8.64. The van der Waals surface area contributed by atoms with Crippen LogP contribution in [0.1, 0.15) is 44.8 Å². The quantitative estimate of drug-likeness (QED) is 0.584. The van der Waals surface area contributed by atoms with Gasteiger partial charge >= 0.3 is 0 Å². The number of fused-ring (bicyclic) bond motifs is 1. The van der Waals surface area contributed by atoms with Crippen molar-refractivity contribution in [1.82, 2.24) is 10.3 Å². The fourth-order valence-electron chi connectivity index (χ4n) is 3.77. The van der Waals surface area contributed by atoms with Gasteiger partial charge in [0.05, 0.1) is 19.1 Å². The van der Waals surface area contributed by atoms with Gasteiger partial charge in [0.2, 0.25) is 5.91 Å². The molecule has 2 aromatic heterocycles. The molecule has 2 N–H and O–H groups in total. The number of methoxy groups -OCH3 is 1. The summed E-state index contributed by atoms with van der Waals surface area (Å²) in [5.74, 6) is 0.468. The number of thiophene rings is 1. The molecule has 160 valence electrons. The predicted octanol–water partition coefficient (Wildman–Crippen LogP) is 4.14. The Bertz CT molecular complexity index is 1060. The van der Waals surface area contributed by atoms with E-state index < -0.39 is 0 Å². The van der Waals surface area contributed by atoms with Gasteiger partial charge in [0.15, 0.2) is 0 Å². The number of anilines is 1. The molecule has 1 aliphatic carbocycles. The Morgan fingerprint density at radius 3 is 2.65 bits per heavy atom. The number of benzene rings is 1. The third-order valence-electron chi connectivity index (χ3n) is 5.35. The lowest BCUT2D eigenvalue weighted by molar-refractivity contribution is -0.115. The van der Waals surface area contributed by atoms with Crippen LogP contribution in [0.5, 0.6) is 5.75 Å². The molecular formula is C24H25N3O3S. The molecule has 6 nitrogen and oxygen atoms in total. The van der Waals surface area contributed by atoms with Gasteiger partial charge in [0.1, 0.15) is 10.8 Å². The Kier molecular flexibility index (Phi) is 6.62. The molecule has 0 atom stereocenters. The number of carbonyl (C=O) groups is 2. The van der Waals surface area contributed by atoms with Gasteiger partial charge in [-0.15, -0.1) is 11.3 Å². The number of ether oxygens (including phenoxy) is 1. The van der Waals surface area contributed by atoms with E-state index in [0.717, 1.165) is 48.1 Å². The summed E-state index contributed by atoms with van der Waals surface area (Å²) in [7, 11) is 1.61. The van der Waals surface area contributed by atoms with Crippen molar-refractivity contribution in [2.75, 3.05) is 12.4 Å². The lowest BCUT2D eigenvalue weighted by Gasteiger charge is -2.13. The zero-order chi connectivity index (χ0) is 21.6. The number of amides is 2. The summed E-state index contributed by atoms with van der Waals surface area (Å²) in [6.45, 7) is 0.399. The van der Waals surface area contributed by atoms with Gasteiger partial charge in [0, 0.05) is 23.8 Å². The zero-order valence-corrected chi connectivity index (χ0v) is 18.3. The molecular weight excluding hydrogens is 410 g/mol. The van der Waals surface area contributed by atoms with Crippen molar-refractivity contribution < 1.29 is 14.3 Å². The maximum atomic E-state index is 13.1. The highest BCUT2D eigenvalue weighted by Crippen LogP contribution is 2.38. The highest BCUT2D eigenvalue weighted by molar-refractivity contribution is 7.17. The SMILES string of the molecule is COc1ccc(CC(=O)Nc2sc3c(c2C(=O)NCc2cccnc2)CCCC3)cc1. The van der Waals surface area contributed by atoms with E-state index in [1.54, 1.807) is 19.5 Å². The molecule has 3 aromatic rings. The van der Waals surface area contributed by atoms with Crippen LogP contribution in [0.15, 0.2) is 48.8 Å². The number of hydrogen-bond donors (Lipinski definition) is 2. The van der Waals surface area contributed by atoms with Crippen LogP contribution in [0.3, 0.4) is 0 Å². The minimum absolute atomic E-state index is 0.134. The maximum absolute atomic E-state index is 13.1. The van der Waals surface area contributed by atoms with Crippen molar-refractivity contribution >= 4 is 28.2 Å². The number of rotatable bonds is 7. The topological polar surface area (TPSA) is 80.3 Å². The summed E-state index contributed by atoms with van der Waals surface area (Å²) < 4.78 is 5.17. The van der Waals surface area contributed by atoms with E-state index in [0.29, 0.717) is 17.1 Å². The van der Waals surface area contributed by atoms with Gasteiger partial charge in [-0.2, -0.15) is 0 Å². The third kappa shape index (κ3) is 5.11. The Balaban J connectivity index is 1.50. The molecule has 0 radical (unpaired) electrons. The van der Waals surface area contributed by atoms with Gasteiger partial charge in [-0.1, -0.05) is 18.2 Å². The van der Waals surface area contributed by atoms with Crippen molar-refractivity contribution in [2.24, 2.45) is 0 Å². The van der Waals surface area contributed by atoms with Crippen LogP contribution in [0, 0.1) is 0 Å². The van der Waals surface area contributed by atoms with Crippen LogP contribution >= 0.6 is 11.3 Å². The van der Waals surface area contributed by atoms with Crippen molar-refractivity contribution in [3.05, 3.63) is 75.9 Å². The number of aryl methyl sites for hydroxylation is 1. The van der Waals surface area contributed by atoms with Crippen LogP contribution in [0.2, 0.25) is 0 Å². The highest BCUT2D eigenvalue weighted by Gasteiger charge is 2.26. The van der Waals surface area contributed by atoms with E-state index in [-0.39, 0.29) is 18.2 Å². The van der Waals surface area contributed by atoms with E-state index >= 15 is 0 Å². The normalized spacial score (nSPS) is 12.7. The van der Waals surface area contributed by atoms with Gasteiger partial charge in [-0.25, -0.2) is 0 Å². The van der Waals surface area contributed by atoms with Crippen LogP contribution in [0.25, 0.3) is 0 Å². The van der Waals surface area contributed by atoms with Crippen molar-refractivity contribution in [2.45, 2.75) is 38.6 Å². The van der Waals surface area contributed by atoms with Gasteiger partial charge in [-0.05, 0) is 60.6 Å². The third-order valence-corrected chi connectivity index (χ3v) is 6.56. The average molecular weight is 436 g/mol. The Morgan fingerprint density at radius 2 is 1.90 bits per heavy atom. The second-order valence-electron chi connectivity index (χ2n) is 7.53. The first-order valence-corrected chi connectivity index (χ1v) is 11.2. The lowest BCUT2D eigenvalue weighted by atomic mass is 9.95. The number of carbonyl (C=O) groups excluding carboxylic acids is 2. The predicted molar refractivity (Wildman–Crippen MR) is 122 cm³/mol. The molecule has 0 fully saturated rings. The summed E-state index contributed by atoms with van der Waals surface area (Å²) in [4.78, 5) is 31.1. The lowest BCUT2D eigenvalue weighted by Crippen LogP contribution is -2.25. The summed E-state index contributed by atoms with van der Waals surface area (Å²) >= 11 is 1.53. The van der Waals surface area contributed by atoms with Gasteiger partial charge in [0.25, 0.3) is 5.91 Å². The molecule has 7 heteroatoms. The van der Waals surface area contributed by atoms with Crippen molar-refractivity contribution in [1.29, 1.82) is 0 Å². The highest BCUT2D eigenvalue weighted by atomic mass is 32.1. The summed E-state index contributed by atoms with van der Waals surface area (Å²) in [5.41, 5.74) is 3.53. The first-order chi connectivity index (χ1) is 15.1. The fourth-order valence-corrected chi connectivity index (χ4v) is 5.07. The molecule has 1 aliphatic rings. The molecule has 0 aliphatic heterocycles. The minimum Gasteiger partial charge on any atom is -0.497 e. The molecule has 31 heavy (non-hydrogen) atoms. The molecule has 0 spiro atoms. The second kappa shape index (κ2) is 9.75. The number of nitrogens with zero attached hydrogens (tertiary/aromatic N) is 1. The molecule has 4 rings (SSSR count). The summed E-state index contributed by atoms with van der Waals surface area (Å²) in [5, 5.41) is 6.64. The Hall–Kier alpha value is -3.19. The van der Waals surface area contributed by atoms with E-state index in [4.69, 9.17) is 4.74 Å². The zero-order valence-electron chi connectivity index (χ0n) is 17.4. The first-order valence-electron chi connectivity index (χ1n) is 10.4. The molecule has 1 aromatic carbocycles. The van der Waals surface area contributed by atoms with E-state index in [2.05, 4.69) is 15.6 Å². The monoisotopic (exact) mass is 435 g/mol. The number of pyridine rings is 1. The molecule has 0 bridgehead atoms. The molecule has 0 saturated heterocycles. The maximum Gasteiger partial charge on any atom is 0.254 e. The first kappa shape index (κ1) is 21.1. The standard InChI is InChI=1S/C24H25N3O3S/c1-30-18-10-8-16(9-11-18)13-21(28)27-24-22(19-6-2-3-7-20(19)31-24)23(29)26-15-17-5-4-12-25-14-17/h4-5,8-12,14H,2-3,6-7,13,15H2,1H3,(H,26,29)(H,27,28). The van der Waals surface area contributed by atoms with E-state index in [1.807, 2.05) is 36.4 Å². The number of nitrogens with one attached hydrogen (secondary N) is 2. The molecule has 0 unspecified atom stereocenters. The average Bonchev–Trinajstić information content (AvgIpc) is 3.16. The largest absolute Gasteiger partial charge is 0.497 e. The van der Waals surface area contributed by atoms with Crippen LogP contribution < -0.4 is 15.4 Å². The van der Waals surface area contributed by atoms with Gasteiger partial charge < -0.3 is 15.4 Å². The minimum atomic E-state index is -0.150. The van der Waals surface area contributed by atoms with Gasteiger partial charge in [-0.3, -0.25) is 14.6 Å². The summed E-state index contributed by atoms with van der Waals surface area (Å²) in [6.07, 6.45) is 7.68. The Morgan fingerprint density at radius 1 is 1.10 bits per heavy atom. The molecule has 2 amide bonds. The Labute approximate surface area is 185 Å². The smallest absolute Gasteiger partial charge is 0.254 e. The number of hydrogen-bond acceptors (Lipinski definition) is 5. The summed E-state index contributed by atoms with van der Waals surface area (Å²) in [6, 6.07) is 11.2. The fraction of sp³-hybridized carbons (Fsp3) is 0.292. The van der Waals surface area contributed by atoms with E-state index in [9.17, 15) is 9.59 Å². The van der Waals surface area contributed by atoms with E-state index in [1.165, 1.54) is 16.2 Å². The van der Waals surface area contributed by atoms with Crippen LogP contribution in [-0.2, 0) is 30.6 Å². The van der Waals surface area contributed by atoms with Crippen molar-refractivity contribution in [3.8, 4) is 5.75 Å². The van der Waals surface area contributed by atoms with Crippen molar-refractivity contribution in [3.63, 3.8) is 0 Å². The molecule has 2 heterocycles. The number of aromatic nitrogens is 1. The van der Waals surface area contributed by atoms with Crippen LogP contribution in [-0.4, -0.2) is 23.9 Å².